The van der Waals surface area contributed by atoms with Gasteiger partial charge in [-0.1, -0.05) is 12.8 Å². The quantitative estimate of drug-likeness (QED) is 0.874. The molecule has 0 spiro atoms. The van der Waals surface area contributed by atoms with Gasteiger partial charge in [0.25, 0.3) is 0 Å². The monoisotopic (exact) mass is 242 g/mol. The molecule has 0 amide bonds. The standard InChI is InChI=1S/C11H18N2S2/c1-9-7-15-10(13-9)12-8-11(14-2)5-3-4-6-11/h7H,3-6,8H2,1-2H3,(H,12,13). The van der Waals surface area contributed by atoms with Crippen LogP contribution in [0.4, 0.5) is 5.13 Å². The Bertz CT molecular complexity index is 316. The number of hydrogen-bond acceptors (Lipinski definition) is 4. The molecule has 2 rings (SSSR count). The van der Waals surface area contributed by atoms with Crippen molar-refractivity contribution in [2.45, 2.75) is 37.4 Å². The van der Waals surface area contributed by atoms with Crippen molar-refractivity contribution in [1.29, 1.82) is 0 Å². The highest BCUT2D eigenvalue weighted by Crippen LogP contribution is 2.40. The van der Waals surface area contributed by atoms with Crippen LogP contribution < -0.4 is 5.32 Å². The Morgan fingerprint density at radius 2 is 2.27 bits per heavy atom. The summed E-state index contributed by atoms with van der Waals surface area (Å²) in [6.45, 7) is 3.11. The zero-order valence-electron chi connectivity index (χ0n) is 9.38. The summed E-state index contributed by atoms with van der Waals surface area (Å²) in [6, 6.07) is 0. The molecule has 0 radical (unpaired) electrons. The lowest BCUT2D eigenvalue weighted by Crippen LogP contribution is -2.29. The van der Waals surface area contributed by atoms with Crippen LogP contribution in [0.15, 0.2) is 5.38 Å². The number of nitrogens with one attached hydrogen (secondary N) is 1. The van der Waals surface area contributed by atoms with Gasteiger partial charge in [0, 0.05) is 16.7 Å². The summed E-state index contributed by atoms with van der Waals surface area (Å²) >= 11 is 3.73. The van der Waals surface area contributed by atoms with Crippen LogP contribution in [0.3, 0.4) is 0 Å². The van der Waals surface area contributed by atoms with Crippen molar-refractivity contribution in [2.24, 2.45) is 0 Å². The van der Waals surface area contributed by atoms with E-state index in [-0.39, 0.29) is 0 Å². The van der Waals surface area contributed by atoms with Gasteiger partial charge in [0.15, 0.2) is 5.13 Å². The van der Waals surface area contributed by atoms with E-state index in [1.165, 1.54) is 25.7 Å². The molecule has 0 aromatic carbocycles. The van der Waals surface area contributed by atoms with Crippen LogP contribution in [0, 0.1) is 6.92 Å². The molecule has 1 heterocycles. The molecule has 0 saturated heterocycles. The highest BCUT2D eigenvalue weighted by molar-refractivity contribution is 8.00. The Kier molecular flexibility index (Phi) is 3.57. The Labute approximate surface area is 99.9 Å². The molecule has 0 bridgehead atoms. The predicted octanol–water partition coefficient (Wildman–Crippen LogP) is 3.54. The summed E-state index contributed by atoms with van der Waals surface area (Å²) in [5, 5.41) is 6.66. The molecule has 0 aliphatic heterocycles. The molecule has 0 atom stereocenters. The minimum Gasteiger partial charge on any atom is -0.360 e. The van der Waals surface area contributed by atoms with E-state index < -0.39 is 0 Å². The number of aryl methyl sites for hydroxylation is 1. The maximum Gasteiger partial charge on any atom is 0.182 e. The molecule has 1 aromatic heterocycles. The lowest BCUT2D eigenvalue weighted by atomic mass is 10.1. The van der Waals surface area contributed by atoms with Crippen molar-refractivity contribution in [3.05, 3.63) is 11.1 Å². The first-order valence-electron chi connectivity index (χ1n) is 5.45. The number of thiazole rings is 1. The molecule has 1 fully saturated rings. The average molecular weight is 242 g/mol. The molecule has 1 aromatic rings. The molecular weight excluding hydrogens is 224 g/mol. The van der Waals surface area contributed by atoms with E-state index in [0.29, 0.717) is 4.75 Å². The minimum absolute atomic E-state index is 0.472. The van der Waals surface area contributed by atoms with Crippen LogP contribution in [-0.2, 0) is 0 Å². The van der Waals surface area contributed by atoms with Gasteiger partial charge in [-0.25, -0.2) is 4.98 Å². The molecule has 2 nitrogen and oxygen atoms in total. The third kappa shape index (κ3) is 2.67. The second-order valence-electron chi connectivity index (χ2n) is 4.24. The lowest BCUT2D eigenvalue weighted by molar-refractivity contribution is 0.639. The normalized spacial score (nSPS) is 19.3. The first kappa shape index (κ1) is 11.3. The van der Waals surface area contributed by atoms with Crippen molar-refractivity contribution < 1.29 is 0 Å². The zero-order chi connectivity index (χ0) is 10.7. The van der Waals surface area contributed by atoms with Gasteiger partial charge in [0.05, 0.1) is 5.69 Å². The number of anilines is 1. The van der Waals surface area contributed by atoms with Gasteiger partial charge in [-0.15, -0.1) is 11.3 Å². The largest absolute Gasteiger partial charge is 0.360 e. The minimum atomic E-state index is 0.472. The number of thioether (sulfide) groups is 1. The van der Waals surface area contributed by atoms with Gasteiger partial charge in [-0.3, -0.25) is 0 Å². The molecule has 4 heteroatoms. The Morgan fingerprint density at radius 1 is 1.53 bits per heavy atom. The molecule has 1 N–H and O–H groups in total. The van der Waals surface area contributed by atoms with Crippen LogP contribution >= 0.6 is 23.1 Å². The fourth-order valence-corrected chi connectivity index (χ4v) is 3.74. The van der Waals surface area contributed by atoms with Crippen molar-refractivity contribution >= 4 is 28.2 Å². The van der Waals surface area contributed by atoms with E-state index in [4.69, 9.17) is 0 Å². The first-order valence-corrected chi connectivity index (χ1v) is 7.56. The number of hydrogen-bond donors (Lipinski definition) is 1. The highest BCUT2D eigenvalue weighted by Gasteiger charge is 2.32. The fourth-order valence-electron chi connectivity index (χ4n) is 2.14. The van der Waals surface area contributed by atoms with Gasteiger partial charge in [-0.05, 0) is 26.0 Å². The second kappa shape index (κ2) is 4.74. The van der Waals surface area contributed by atoms with Crippen LogP contribution in [0.5, 0.6) is 0 Å². The maximum absolute atomic E-state index is 4.44. The van der Waals surface area contributed by atoms with E-state index in [1.54, 1.807) is 11.3 Å². The molecule has 84 valence electrons. The van der Waals surface area contributed by atoms with Crippen molar-refractivity contribution in [2.75, 3.05) is 18.1 Å². The summed E-state index contributed by atoms with van der Waals surface area (Å²) < 4.78 is 0.472. The lowest BCUT2D eigenvalue weighted by Gasteiger charge is -2.26. The Morgan fingerprint density at radius 3 is 2.80 bits per heavy atom. The summed E-state index contributed by atoms with van der Waals surface area (Å²) in [5.74, 6) is 0. The third-order valence-electron chi connectivity index (χ3n) is 3.13. The number of rotatable bonds is 4. The topological polar surface area (TPSA) is 24.9 Å². The predicted molar refractivity (Wildman–Crippen MR) is 70.1 cm³/mol. The Balaban J connectivity index is 1.91. The maximum atomic E-state index is 4.44. The zero-order valence-corrected chi connectivity index (χ0v) is 11.0. The highest BCUT2D eigenvalue weighted by atomic mass is 32.2. The van der Waals surface area contributed by atoms with E-state index in [1.807, 2.05) is 18.7 Å². The van der Waals surface area contributed by atoms with Crippen molar-refractivity contribution in [3.8, 4) is 0 Å². The summed E-state index contributed by atoms with van der Waals surface area (Å²) in [5.41, 5.74) is 1.12. The summed E-state index contributed by atoms with van der Waals surface area (Å²) in [7, 11) is 0. The molecule has 0 unspecified atom stereocenters. The van der Waals surface area contributed by atoms with E-state index >= 15 is 0 Å². The van der Waals surface area contributed by atoms with Gasteiger partial charge in [0.1, 0.15) is 0 Å². The Hall–Kier alpha value is -0.220. The molecule has 15 heavy (non-hydrogen) atoms. The molecule has 1 aliphatic rings. The van der Waals surface area contributed by atoms with Gasteiger partial charge in [-0.2, -0.15) is 11.8 Å². The summed E-state index contributed by atoms with van der Waals surface area (Å²) in [6.07, 6.45) is 7.72. The molecule has 1 aliphatic carbocycles. The fraction of sp³-hybridized carbons (Fsp3) is 0.727. The molecule has 1 saturated carbocycles. The van der Waals surface area contributed by atoms with Crippen LogP contribution in [-0.4, -0.2) is 22.5 Å². The average Bonchev–Trinajstić information content (AvgIpc) is 2.85. The number of nitrogens with zero attached hydrogens (tertiary/aromatic N) is 1. The van der Waals surface area contributed by atoms with Crippen LogP contribution in [0.2, 0.25) is 0 Å². The van der Waals surface area contributed by atoms with E-state index in [9.17, 15) is 0 Å². The van der Waals surface area contributed by atoms with E-state index in [2.05, 4.69) is 21.9 Å². The smallest absolute Gasteiger partial charge is 0.182 e. The first-order chi connectivity index (χ1) is 7.24. The number of aromatic nitrogens is 1. The van der Waals surface area contributed by atoms with Crippen LogP contribution in [0.25, 0.3) is 0 Å². The van der Waals surface area contributed by atoms with E-state index in [0.717, 1.165) is 17.4 Å². The van der Waals surface area contributed by atoms with Crippen molar-refractivity contribution in [1.82, 2.24) is 4.98 Å². The van der Waals surface area contributed by atoms with Crippen LogP contribution in [0.1, 0.15) is 31.4 Å². The van der Waals surface area contributed by atoms with Gasteiger partial charge < -0.3 is 5.32 Å². The summed E-state index contributed by atoms with van der Waals surface area (Å²) in [4.78, 5) is 4.44. The molecular formula is C11H18N2S2. The second-order valence-corrected chi connectivity index (χ2v) is 6.37. The third-order valence-corrected chi connectivity index (χ3v) is 5.47. The van der Waals surface area contributed by atoms with Gasteiger partial charge in [0.2, 0.25) is 0 Å². The SMILES string of the molecule is CSC1(CNc2nc(C)cs2)CCCC1. The van der Waals surface area contributed by atoms with Gasteiger partial charge >= 0.3 is 0 Å². The van der Waals surface area contributed by atoms with Crippen molar-refractivity contribution in [3.63, 3.8) is 0 Å².